The maximum atomic E-state index is 15.7. The van der Waals surface area contributed by atoms with Gasteiger partial charge in [-0.2, -0.15) is 13.2 Å². The summed E-state index contributed by atoms with van der Waals surface area (Å²) in [4.78, 5) is 0. The molecule has 1 N–H and O–H groups in total. The van der Waals surface area contributed by atoms with Crippen molar-refractivity contribution in [1.29, 1.82) is 0 Å². The van der Waals surface area contributed by atoms with Crippen LogP contribution in [0, 0.1) is 17.0 Å². The third-order valence-electron chi connectivity index (χ3n) is 5.87. The van der Waals surface area contributed by atoms with Crippen LogP contribution in [-0.2, 0) is 16.9 Å². The van der Waals surface area contributed by atoms with Gasteiger partial charge in [0.05, 0.1) is 12.1 Å². The van der Waals surface area contributed by atoms with Crippen molar-refractivity contribution in [2.75, 3.05) is 6.61 Å². The summed E-state index contributed by atoms with van der Waals surface area (Å²) in [6, 6.07) is 1.77. The molecule has 5 rings (SSSR count). The van der Waals surface area contributed by atoms with Gasteiger partial charge in [-0.15, -0.1) is 5.10 Å². The van der Waals surface area contributed by atoms with Crippen LogP contribution in [0.15, 0.2) is 24.5 Å². The Kier molecular flexibility index (Phi) is 4.45. The van der Waals surface area contributed by atoms with E-state index < -0.39 is 78.3 Å². The van der Waals surface area contributed by atoms with Gasteiger partial charge in [0.2, 0.25) is 0 Å². The summed E-state index contributed by atoms with van der Waals surface area (Å²) >= 11 is 0. The number of aromatic nitrogens is 4. The summed E-state index contributed by atoms with van der Waals surface area (Å²) in [5.74, 6) is -6.46. The lowest BCUT2D eigenvalue weighted by atomic mass is 9.37. The van der Waals surface area contributed by atoms with Gasteiger partial charge in [-0.05, 0) is 41.8 Å². The van der Waals surface area contributed by atoms with Crippen LogP contribution in [0.1, 0.15) is 24.8 Å². The number of tetrazole rings is 1. The number of nitrogens with zero attached hydrogens (tertiary/aromatic N) is 4. The molecule has 0 radical (unpaired) electrons. The van der Waals surface area contributed by atoms with Crippen LogP contribution >= 0.6 is 0 Å². The van der Waals surface area contributed by atoms with Crippen molar-refractivity contribution in [2.45, 2.75) is 49.1 Å². The summed E-state index contributed by atoms with van der Waals surface area (Å²) in [5, 5.41) is 21.0. The molecule has 3 aliphatic carbocycles. The summed E-state index contributed by atoms with van der Waals surface area (Å²) in [7, 11) is 0. The Morgan fingerprint density at radius 1 is 1.10 bits per heavy atom. The highest BCUT2D eigenvalue weighted by Crippen LogP contribution is 2.77. The zero-order chi connectivity index (χ0) is 22.0. The van der Waals surface area contributed by atoms with Gasteiger partial charge in [-0.25, -0.2) is 22.2 Å². The van der Waals surface area contributed by atoms with E-state index in [0.29, 0.717) is 12.1 Å². The third-order valence-corrected chi connectivity index (χ3v) is 5.87. The Balaban J connectivity index is 1.65. The Morgan fingerprint density at radius 3 is 2.30 bits per heavy atom. The fourth-order valence-corrected chi connectivity index (χ4v) is 4.52. The SMILES string of the molecule is OC(Cn1cnnn1)(c1ccc(F)cc1F)C(F)(F)C12CC(OCC(F)(F)F)(C1)C2. The molecule has 2 aromatic rings. The molecule has 0 spiro atoms. The predicted molar refractivity (Wildman–Crippen MR) is 84.0 cm³/mol. The number of ether oxygens (including phenoxy) is 1. The van der Waals surface area contributed by atoms with Gasteiger partial charge < -0.3 is 9.84 Å². The third kappa shape index (κ3) is 3.06. The molecule has 13 heteroatoms. The van der Waals surface area contributed by atoms with E-state index in [4.69, 9.17) is 4.74 Å². The standard InChI is InChI=1S/C17H15F7N4O2/c18-10-1-2-11(12(19)3-10)15(29,7-28-9-25-26-27-28)17(23,24)13-4-14(5-13,6-13)30-8-16(20,21)22/h1-3,9,29H,4-8H2. The molecule has 1 unspecified atom stereocenters. The maximum Gasteiger partial charge on any atom is 0.411 e. The van der Waals surface area contributed by atoms with E-state index in [0.717, 1.165) is 17.1 Å². The van der Waals surface area contributed by atoms with Crippen molar-refractivity contribution in [2.24, 2.45) is 5.41 Å². The fraction of sp³-hybridized carbons (Fsp3) is 0.588. The molecule has 1 aromatic heterocycles. The van der Waals surface area contributed by atoms with E-state index in [1.165, 1.54) is 0 Å². The smallest absolute Gasteiger partial charge is 0.377 e. The van der Waals surface area contributed by atoms with Gasteiger partial charge in [-0.3, -0.25) is 0 Å². The highest BCUT2D eigenvalue weighted by molar-refractivity contribution is 5.34. The van der Waals surface area contributed by atoms with Crippen molar-refractivity contribution in [3.63, 3.8) is 0 Å². The lowest BCUT2D eigenvalue weighted by Gasteiger charge is -2.72. The van der Waals surface area contributed by atoms with Crippen LogP contribution in [0.3, 0.4) is 0 Å². The minimum absolute atomic E-state index is 0.353. The lowest BCUT2D eigenvalue weighted by molar-refractivity contribution is -0.403. The van der Waals surface area contributed by atoms with Crippen molar-refractivity contribution in [3.05, 3.63) is 41.7 Å². The molecule has 0 saturated heterocycles. The molecular formula is C17H15F7N4O2. The molecule has 1 aromatic carbocycles. The summed E-state index contributed by atoms with van der Waals surface area (Å²) in [6.07, 6.45) is -5.00. The zero-order valence-corrected chi connectivity index (χ0v) is 15.1. The Hall–Kier alpha value is -2.28. The van der Waals surface area contributed by atoms with Crippen LogP contribution in [0.25, 0.3) is 0 Å². The summed E-state index contributed by atoms with van der Waals surface area (Å²) in [5.41, 5.74) is -7.33. The quantitative estimate of drug-likeness (QED) is 0.671. The largest absolute Gasteiger partial charge is 0.411 e. The molecule has 3 aliphatic rings. The normalized spacial score (nSPS) is 27.9. The molecule has 6 nitrogen and oxygen atoms in total. The number of hydrogen-bond donors (Lipinski definition) is 1. The molecular weight excluding hydrogens is 425 g/mol. The number of aliphatic hydroxyl groups is 1. The predicted octanol–water partition coefficient (Wildman–Crippen LogP) is 2.98. The summed E-state index contributed by atoms with van der Waals surface area (Å²) in [6.45, 7) is -2.54. The first kappa shape index (κ1) is 21.0. The van der Waals surface area contributed by atoms with Crippen LogP contribution in [-0.4, -0.2) is 49.6 Å². The fourth-order valence-electron chi connectivity index (χ4n) is 4.52. The Labute approximate surface area is 164 Å². The number of hydrogen-bond acceptors (Lipinski definition) is 5. The number of benzene rings is 1. The number of halogens is 7. The lowest BCUT2D eigenvalue weighted by Crippen LogP contribution is -2.78. The second-order valence-electron chi connectivity index (χ2n) is 7.96. The van der Waals surface area contributed by atoms with Crippen molar-refractivity contribution >= 4 is 0 Å². The monoisotopic (exact) mass is 440 g/mol. The number of rotatable bonds is 7. The second-order valence-corrected chi connectivity index (χ2v) is 7.96. The van der Waals surface area contributed by atoms with Crippen molar-refractivity contribution in [1.82, 2.24) is 20.2 Å². The minimum Gasteiger partial charge on any atom is -0.377 e. The molecule has 2 bridgehead atoms. The Bertz CT molecular complexity index is 930. The Morgan fingerprint density at radius 2 is 1.77 bits per heavy atom. The van der Waals surface area contributed by atoms with Crippen LogP contribution in [0.2, 0.25) is 0 Å². The van der Waals surface area contributed by atoms with Gasteiger partial charge in [0.25, 0.3) is 5.92 Å². The van der Waals surface area contributed by atoms with Gasteiger partial charge >= 0.3 is 6.18 Å². The van der Waals surface area contributed by atoms with Crippen LogP contribution in [0.4, 0.5) is 30.7 Å². The average molecular weight is 440 g/mol. The minimum atomic E-state index is -4.61. The molecule has 30 heavy (non-hydrogen) atoms. The first-order valence-corrected chi connectivity index (χ1v) is 8.79. The average Bonchev–Trinajstić information content (AvgIpc) is 3.03. The highest BCUT2D eigenvalue weighted by Gasteiger charge is 2.83. The highest BCUT2D eigenvalue weighted by atomic mass is 19.4. The van der Waals surface area contributed by atoms with E-state index in [-0.39, 0.29) is 0 Å². The maximum absolute atomic E-state index is 15.7. The van der Waals surface area contributed by atoms with Crippen molar-refractivity contribution in [3.8, 4) is 0 Å². The van der Waals surface area contributed by atoms with Crippen LogP contribution in [0.5, 0.6) is 0 Å². The zero-order valence-electron chi connectivity index (χ0n) is 15.1. The molecule has 0 aliphatic heterocycles. The van der Waals surface area contributed by atoms with E-state index in [1.54, 1.807) is 0 Å². The van der Waals surface area contributed by atoms with E-state index in [2.05, 4.69) is 15.5 Å². The molecule has 3 saturated carbocycles. The molecule has 164 valence electrons. The van der Waals surface area contributed by atoms with Crippen LogP contribution < -0.4 is 0 Å². The molecule has 3 fully saturated rings. The topological polar surface area (TPSA) is 73.1 Å². The summed E-state index contributed by atoms with van der Waals surface area (Å²) < 4.78 is 102. The van der Waals surface area contributed by atoms with Gasteiger partial charge in [0.1, 0.15) is 24.6 Å². The van der Waals surface area contributed by atoms with Crippen molar-refractivity contribution < 1.29 is 40.6 Å². The second kappa shape index (κ2) is 6.36. The van der Waals surface area contributed by atoms with Gasteiger partial charge in [0.15, 0.2) is 5.60 Å². The number of alkyl halides is 5. The van der Waals surface area contributed by atoms with Gasteiger partial charge in [-0.1, -0.05) is 0 Å². The molecule has 1 atom stereocenters. The molecule has 1 heterocycles. The van der Waals surface area contributed by atoms with E-state index >= 15 is 8.78 Å². The first-order valence-electron chi connectivity index (χ1n) is 8.79. The van der Waals surface area contributed by atoms with Gasteiger partial charge in [0, 0.05) is 17.0 Å². The molecule has 0 amide bonds. The van der Waals surface area contributed by atoms with E-state index in [1.807, 2.05) is 0 Å². The first-order chi connectivity index (χ1) is 13.8. The van der Waals surface area contributed by atoms with E-state index in [9.17, 15) is 27.1 Å².